The highest BCUT2D eigenvalue weighted by Gasteiger charge is 2.25. The molecule has 1 heterocycles. The molecule has 1 saturated heterocycles. The first kappa shape index (κ1) is 14.5. The molecule has 0 aromatic heterocycles. The maximum atomic E-state index is 3.55. The molecule has 1 aromatic carbocycles. The molecule has 0 saturated carbocycles. The topological polar surface area (TPSA) is 15.3 Å². The standard InChI is InChI=1S/C17H28N2/c1-3-15(2)17-14-18-11-13-19(17)12-7-10-16-8-5-4-6-9-16/h4-6,8-9,15,17-18H,3,7,10-14H2,1-2H3. The summed E-state index contributed by atoms with van der Waals surface area (Å²) in [5.74, 6) is 0.796. The van der Waals surface area contributed by atoms with Crippen LogP contribution in [0.2, 0.25) is 0 Å². The monoisotopic (exact) mass is 260 g/mol. The minimum Gasteiger partial charge on any atom is -0.314 e. The second-order valence-corrected chi connectivity index (χ2v) is 5.78. The molecule has 0 spiro atoms. The van der Waals surface area contributed by atoms with Gasteiger partial charge in [-0.3, -0.25) is 4.90 Å². The lowest BCUT2D eigenvalue weighted by Crippen LogP contribution is -2.54. The highest BCUT2D eigenvalue weighted by Crippen LogP contribution is 2.17. The Hall–Kier alpha value is -0.860. The number of aryl methyl sites for hydroxylation is 1. The van der Waals surface area contributed by atoms with Gasteiger partial charge >= 0.3 is 0 Å². The van der Waals surface area contributed by atoms with Crippen molar-refractivity contribution in [2.45, 2.75) is 39.2 Å². The van der Waals surface area contributed by atoms with Gasteiger partial charge in [0.2, 0.25) is 0 Å². The summed E-state index contributed by atoms with van der Waals surface area (Å²) in [7, 11) is 0. The van der Waals surface area contributed by atoms with Gasteiger partial charge in [0, 0.05) is 25.7 Å². The highest BCUT2D eigenvalue weighted by atomic mass is 15.2. The second kappa shape index (κ2) is 7.66. The average Bonchev–Trinajstić information content (AvgIpc) is 2.48. The van der Waals surface area contributed by atoms with E-state index in [1.807, 2.05) is 0 Å². The van der Waals surface area contributed by atoms with Crippen LogP contribution in [0.4, 0.5) is 0 Å². The number of nitrogens with zero attached hydrogens (tertiary/aromatic N) is 1. The first-order valence-electron chi connectivity index (χ1n) is 7.80. The maximum absolute atomic E-state index is 3.55. The molecule has 2 nitrogen and oxygen atoms in total. The molecule has 106 valence electrons. The third kappa shape index (κ3) is 4.32. The summed E-state index contributed by atoms with van der Waals surface area (Å²) in [5.41, 5.74) is 1.47. The van der Waals surface area contributed by atoms with Crippen LogP contribution >= 0.6 is 0 Å². The highest BCUT2D eigenvalue weighted by molar-refractivity contribution is 5.14. The number of rotatable bonds is 6. The fourth-order valence-corrected chi connectivity index (χ4v) is 3.01. The normalized spacial score (nSPS) is 22.3. The zero-order valence-corrected chi connectivity index (χ0v) is 12.4. The van der Waals surface area contributed by atoms with Crippen molar-refractivity contribution in [2.75, 3.05) is 26.2 Å². The van der Waals surface area contributed by atoms with Crippen molar-refractivity contribution in [3.63, 3.8) is 0 Å². The summed E-state index contributed by atoms with van der Waals surface area (Å²) >= 11 is 0. The van der Waals surface area contributed by atoms with Crippen molar-refractivity contribution in [3.05, 3.63) is 35.9 Å². The van der Waals surface area contributed by atoms with Crippen LogP contribution in [0.1, 0.15) is 32.3 Å². The molecule has 0 amide bonds. The Morgan fingerprint density at radius 3 is 2.84 bits per heavy atom. The van der Waals surface area contributed by atoms with Crippen molar-refractivity contribution in [2.24, 2.45) is 5.92 Å². The van der Waals surface area contributed by atoms with E-state index in [2.05, 4.69) is 54.4 Å². The minimum absolute atomic E-state index is 0.731. The molecule has 1 N–H and O–H groups in total. The molecule has 0 radical (unpaired) electrons. The molecule has 2 heteroatoms. The number of piperazine rings is 1. The van der Waals surface area contributed by atoms with Gasteiger partial charge in [0.05, 0.1) is 0 Å². The van der Waals surface area contributed by atoms with Gasteiger partial charge in [-0.2, -0.15) is 0 Å². The number of hydrogen-bond acceptors (Lipinski definition) is 2. The van der Waals surface area contributed by atoms with Gasteiger partial charge in [-0.15, -0.1) is 0 Å². The van der Waals surface area contributed by atoms with Gasteiger partial charge in [0.25, 0.3) is 0 Å². The largest absolute Gasteiger partial charge is 0.314 e. The predicted molar refractivity (Wildman–Crippen MR) is 82.4 cm³/mol. The van der Waals surface area contributed by atoms with E-state index < -0.39 is 0 Å². The van der Waals surface area contributed by atoms with Crippen LogP contribution in [0.3, 0.4) is 0 Å². The number of hydrogen-bond donors (Lipinski definition) is 1. The molecule has 0 bridgehead atoms. The Labute approximate surface area is 118 Å². The molecule has 1 aliphatic rings. The fourth-order valence-electron chi connectivity index (χ4n) is 3.01. The molecule has 19 heavy (non-hydrogen) atoms. The van der Waals surface area contributed by atoms with Crippen LogP contribution in [-0.2, 0) is 6.42 Å². The Morgan fingerprint density at radius 2 is 2.11 bits per heavy atom. The smallest absolute Gasteiger partial charge is 0.0246 e. The Kier molecular flexibility index (Phi) is 5.87. The summed E-state index contributed by atoms with van der Waals surface area (Å²) in [5, 5.41) is 3.55. The molecule has 0 aliphatic carbocycles. The maximum Gasteiger partial charge on any atom is 0.0246 e. The van der Waals surface area contributed by atoms with E-state index in [-0.39, 0.29) is 0 Å². The van der Waals surface area contributed by atoms with E-state index in [0.29, 0.717) is 0 Å². The summed E-state index contributed by atoms with van der Waals surface area (Å²) < 4.78 is 0. The van der Waals surface area contributed by atoms with Crippen LogP contribution in [0.25, 0.3) is 0 Å². The van der Waals surface area contributed by atoms with Crippen molar-refractivity contribution in [3.8, 4) is 0 Å². The van der Waals surface area contributed by atoms with Crippen molar-refractivity contribution < 1.29 is 0 Å². The summed E-state index contributed by atoms with van der Waals surface area (Å²) in [6.45, 7) is 9.47. The molecule has 1 fully saturated rings. The summed E-state index contributed by atoms with van der Waals surface area (Å²) in [4.78, 5) is 2.70. The van der Waals surface area contributed by atoms with Crippen LogP contribution in [0.15, 0.2) is 30.3 Å². The Balaban J connectivity index is 1.79. The number of nitrogens with one attached hydrogen (secondary N) is 1. The van der Waals surface area contributed by atoms with Gasteiger partial charge in [-0.1, -0.05) is 50.6 Å². The predicted octanol–water partition coefficient (Wildman–Crippen LogP) is 2.94. The third-order valence-corrected chi connectivity index (χ3v) is 4.45. The molecular formula is C17H28N2. The number of benzene rings is 1. The molecule has 2 atom stereocenters. The van der Waals surface area contributed by atoms with Gasteiger partial charge in [-0.25, -0.2) is 0 Å². The molecule has 1 aliphatic heterocycles. The van der Waals surface area contributed by atoms with E-state index in [1.54, 1.807) is 0 Å². The average molecular weight is 260 g/mol. The lowest BCUT2D eigenvalue weighted by molar-refractivity contribution is 0.115. The van der Waals surface area contributed by atoms with E-state index in [9.17, 15) is 0 Å². The minimum atomic E-state index is 0.731. The Morgan fingerprint density at radius 1 is 1.32 bits per heavy atom. The van der Waals surface area contributed by atoms with E-state index in [4.69, 9.17) is 0 Å². The van der Waals surface area contributed by atoms with Gasteiger partial charge in [0.1, 0.15) is 0 Å². The molecule has 2 unspecified atom stereocenters. The first-order valence-corrected chi connectivity index (χ1v) is 7.80. The third-order valence-electron chi connectivity index (χ3n) is 4.45. The molecular weight excluding hydrogens is 232 g/mol. The van der Waals surface area contributed by atoms with Gasteiger partial charge in [0.15, 0.2) is 0 Å². The lowest BCUT2D eigenvalue weighted by atomic mass is 9.95. The SMILES string of the molecule is CCC(C)C1CNCCN1CCCc1ccccc1. The summed E-state index contributed by atoms with van der Waals surface area (Å²) in [6, 6.07) is 11.6. The van der Waals surface area contributed by atoms with Crippen LogP contribution in [0, 0.1) is 5.92 Å². The first-order chi connectivity index (χ1) is 9.31. The van der Waals surface area contributed by atoms with Crippen LogP contribution in [-0.4, -0.2) is 37.1 Å². The van der Waals surface area contributed by atoms with Crippen molar-refractivity contribution >= 4 is 0 Å². The van der Waals surface area contributed by atoms with Gasteiger partial charge in [-0.05, 0) is 30.9 Å². The van der Waals surface area contributed by atoms with E-state index >= 15 is 0 Å². The zero-order chi connectivity index (χ0) is 13.5. The zero-order valence-electron chi connectivity index (χ0n) is 12.4. The van der Waals surface area contributed by atoms with Crippen molar-refractivity contribution in [1.29, 1.82) is 0 Å². The van der Waals surface area contributed by atoms with Gasteiger partial charge < -0.3 is 5.32 Å². The molecule has 1 aromatic rings. The Bertz CT molecular complexity index is 350. The van der Waals surface area contributed by atoms with E-state index in [1.165, 1.54) is 44.5 Å². The lowest BCUT2D eigenvalue weighted by Gasteiger charge is -2.39. The van der Waals surface area contributed by atoms with Crippen molar-refractivity contribution in [1.82, 2.24) is 10.2 Å². The fraction of sp³-hybridized carbons (Fsp3) is 0.647. The molecule has 2 rings (SSSR count). The second-order valence-electron chi connectivity index (χ2n) is 5.78. The van der Waals surface area contributed by atoms with Crippen LogP contribution in [0.5, 0.6) is 0 Å². The van der Waals surface area contributed by atoms with Crippen LogP contribution < -0.4 is 5.32 Å². The van der Waals surface area contributed by atoms with E-state index in [0.717, 1.165) is 18.5 Å². The summed E-state index contributed by atoms with van der Waals surface area (Å²) in [6.07, 6.45) is 3.76. The quantitative estimate of drug-likeness (QED) is 0.846.